The van der Waals surface area contributed by atoms with Crippen LogP contribution in [-0.4, -0.2) is 5.78 Å². The summed E-state index contributed by atoms with van der Waals surface area (Å²) in [7, 11) is 0. The van der Waals surface area contributed by atoms with Gasteiger partial charge in [0.05, 0.1) is 0 Å². The van der Waals surface area contributed by atoms with Gasteiger partial charge in [0, 0.05) is 11.8 Å². The lowest BCUT2D eigenvalue weighted by Crippen LogP contribution is -2.34. The predicted octanol–water partition coefficient (Wildman–Crippen LogP) is 3.66. The molecule has 1 aliphatic carbocycles. The molecule has 1 heteroatoms. The van der Waals surface area contributed by atoms with Crippen molar-refractivity contribution in [1.29, 1.82) is 0 Å². The minimum Gasteiger partial charge on any atom is -0.299 e. The van der Waals surface area contributed by atoms with E-state index in [9.17, 15) is 4.79 Å². The molecule has 0 bridgehead atoms. The zero-order valence-electron chi connectivity index (χ0n) is 9.14. The SMILES string of the molecule is C=CCC1(CC(=C)C)CCCCC1=O. The first-order valence-corrected chi connectivity index (χ1v) is 5.39. The number of ketones is 1. The molecule has 0 aromatic rings. The molecule has 1 atom stereocenters. The number of allylic oxidation sites excluding steroid dienone is 2. The third-order valence-electron chi connectivity index (χ3n) is 3.08. The van der Waals surface area contributed by atoms with E-state index in [0.717, 1.165) is 37.7 Å². The van der Waals surface area contributed by atoms with Crippen LogP contribution in [0.25, 0.3) is 0 Å². The molecule has 0 aromatic carbocycles. The third kappa shape index (κ3) is 2.34. The summed E-state index contributed by atoms with van der Waals surface area (Å²) in [5, 5.41) is 0. The second kappa shape index (κ2) is 4.59. The highest BCUT2D eigenvalue weighted by Gasteiger charge is 2.38. The molecule has 0 aliphatic heterocycles. The minimum absolute atomic E-state index is 0.147. The van der Waals surface area contributed by atoms with Gasteiger partial charge in [-0.25, -0.2) is 0 Å². The van der Waals surface area contributed by atoms with Crippen LogP contribution in [0.3, 0.4) is 0 Å². The molecule has 0 radical (unpaired) electrons. The Morgan fingerprint density at radius 2 is 2.29 bits per heavy atom. The van der Waals surface area contributed by atoms with Gasteiger partial charge in [-0.2, -0.15) is 0 Å². The zero-order valence-corrected chi connectivity index (χ0v) is 9.14. The van der Waals surface area contributed by atoms with E-state index in [4.69, 9.17) is 0 Å². The molecule has 1 nitrogen and oxygen atoms in total. The standard InChI is InChI=1S/C13H20O/c1-4-8-13(10-11(2)3)9-6-5-7-12(13)14/h4H,1-2,5-10H2,3H3. The highest BCUT2D eigenvalue weighted by atomic mass is 16.1. The number of hydrogen-bond donors (Lipinski definition) is 0. The lowest BCUT2D eigenvalue weighted by molar-refractivity contribution is -0.131. The minimum atomic E-state index is -0.147. The van der Waals surface area contributed by atoms with Crippen LogP contribution < -0.4 is 0 Å². The fourth-order valence-electron chi connectivity index (χ4n) is 2.48. The normalized spacial score (nSPS) is 27.4. The largest absolute Gasteiger partial charge is 0.299 e. The van der Waals surface area contributed by atoms with Gasteiger partial charge in [0.25, 0.3) is 0 Å². The zero-order chi connectivity index (χ0) is 10.6. The van der Waals surface area contributed by atoms with Crippen LogP contribution in [0.4, 0.5) is 0 Å². The van der Waals surface area contributed by atoms with Crippen LogP contribution in [0.1, 0.15) is 45.4 Å². The second-order valence-corrected chi connectivity index (χ2v) is 4.54. The van der Waals surface area contributed by atoms with Crippen molar-refractivity contribution in [3.63, 3.8) is 0 Å². The summed E-state index contributed by atoms with van der Waals surface area (Å²) in [5.41, 5.74) is 0.966. The highest BCUT2D eigenvalue weighted by molar-refractivity contribution is 5.86. The summed E-state index contributed by atoms with van der Waals surface area (Å²) >= 11 is 0. The molecule has 0 saturated heterocycles. The molecule has 0 amide bonds. The molecule has 1 aliphatic rings. The van der Waals surface area contributed by atoms with Gasteiger partial charge < -0.3 is 0 Å². The van der Waals surface area contributed by atoms with Gasteiger partial charge in [0.15, 0.2) is 0 Å². The number of carbonyl (C=O) groups excluding carboxylic acids is 1. The van der Waals surface area contributed by atoms with E-state index in [1.165, 1.54) is 6.42 Å². The average Bonchev–Trinajstić information content (AvgIpc) is 2.09. The number of carbonyl (C=O) groups is 1. The quantitative estimate of drug-likeness (QED) is 0.621. The van der Waals surface area contributed by atoms with Crippen molar-refractivity contribution < 1.29 is 4.79 Å². The first-order valence-electron chi connectivity index (χ1n) is 5.39. The summed E-state index contributed by atoms with van der Waals surface area (Å²) < 4.78 is 0. The van der Waals surface area contributed by atoms with E-state index in [2.05, 4.69) is 13.2 Å². The first kappa shape index (κ1) is 11.2. The van der Waals surface area contributed by atoms with E-state index in [0.29, 0.717) is 5.78 Å². The van der Waals surface area contributed by atoms with Crippen LogP contribution in [0, 0.1) is 5.41 Å². The monoisotopic (exact) mass is 192 g/mol. The molecular weight excluding hydrogens is 172 g/mol. The van der Waals surface area contributed by atoms with E-state index in [1.807, 2.05) is 13.0 Å². The van der Waals surface area contributed by atoms with Crippen molar-refractivity contribution in [1.82, 2.24) is 0 Å². The van der Waals surface area contributed by atoms with Crippen molar-refractivity contribution in [3.05, 3.63) is 24.8 Å². The lowest BCUT2D eigenvalue weighted by Gasteiger charge is -2.35. The predicted molar refractivity (Wildman–Crippen MR) is 60.2 cm³/mol. The van der Waals surface area contributed by atoms with Gasteiger partial charge in [-0.05, 0) is 32.6 Å². The second-order valence-electron chi connectivity index (χ2n) is 4.54. The lowest BCUT2D eigenvalue weighted by atomic mass is 9.67. The molecule has 1 rings (SSSR count). The first-order chi connectivity index (χ1) is 6.60. The van der Waals surface area contributed by atoms with Crippen molar-refractivity contribution >= 4 is 5.78 Å². The van der Waals surface area contributed by atoms with Crippen LogP contribution in [0.2, 0.25) is 0 Å². The Morgan fingerprint density at radius 1 is 1.57 bits per heavy atom. The number of Topliss-reactive ketones (excluding diaryl/α,β-unsaturated/α-hetero) is 1. The van der Waals surface area contributed by atoms with Gasteiger partial charge in [-0.15, -0.1) is 13.2 Å². The number of rotatable bonds is 4. The molecule has 1 unspecified atom stereocenters. The van der Waals surface area contributed by atoms with Crippen molar-refractivity contribution in [2.24, 2.45) is 5.41 Å². The third-order valence-corrected chi connectivity index (χ3v) is 3.08. The Balaban J connectivity index is 2.82. The van der Waals surface area contributed by atoms with E-state index in [-0.39, 0.29) is 5.41 Å². The summed E-state index contributed by atoms with van der Waals surface area (Å²) in [6, 6.07) is 0. The van der Waals surface area contributed by atoms with Crippen LogP contribution in [-0.2, 0) is 4.79 Å². The van der Waals surface area contributed by atoms with Crippen molar-refractivity contribution in [3.8, 4) is 0 Å². The topological polar surface area (TPSA) is 17.1 Å². The summed E-state index contributed by atoms with van der Waals surface area (Å²) in [5.74, 6) is 0.423. The molecule has 78 valence electrons. The Labute approximate surface area is 86.9 Å². The Kier molecular flexibility index (Phi) is 3.68. The van der Waals surface area contributed by atoms with Gasteiger partial charge in [-0.3, -0.25) is 4.79 Å². The smallest absolute Gasteiger partial charge is 0.139 e. The molecular formula is C13H20O. The molecule has 0 aromatic heterocycles. The maximum Gasteiger partial charge on any atom is 0.139 e. The Hall–Kier alpha value is -0.850. The molecule has 1 saturated carbocycles. The number of hydrogen-bond acceptors (Lipinski definition) is 1. The molecule has 0 heterocycles. The van der Waals surface area contributed by atoms with Crippen LogP contribution in [0.15, 0.2) is 24.8 Å². The van der Waals surface area contributed by atoms with Gasteiger partial charge >= 0.3 is 0 Å². The van der Waals surface area contributed by atoms with E-state index in [1.54, 1.807) is 0 Å². The highest BCUT2D eigenvalue weighted by Crippen LogP contribution is 2.41. The summed E-state index contributed by atoms with van der Waals surface area (Å²) in [6.07, 6.45) is 7.55. The van der Waals surface area contributed by atoms with Crippen LogP contribution >= 0.6 is 0 Å². The van der Waals surface area contributed by atoms with E-state index >= 15 is 0 Å². The van der Waals surface area contributed by atoms with Crippen molar-refractivity contribution in [2.45, 2.75) is 45.4 Å². The summed E-state index contributed by atoms with van der Waals surface area (Å²) in [6.45, 7) is 9.69. The Bertz CT molecular complexity index is 252. The maximum atomic E-state index is 12.0. The maximum absolute atomic E-state index is 12.0. The van der Waals surface area contributed by atoms with E-state index < -0.39 is 0 Å². The Morgan fingerprint density at radius 3 is 2.79 bits per heavy atom. The fourth-order valence-corrected chi connectivity index (χ4v) is 2.48. The van der Waals surface area contributed by atoms with Gasteiger partial charge in [-0.1, -0.05) is 18.1 Å². The van der Waals surface area contributed by atoms with Crippen molar-refractivity contribution in [2.75, 3.05) is 0 Å². The van der Waals surface area contributed by atoms with Gasteiger partial charge in [0.1, 0.15) is 5.78 Å². The molecule has 1 fully saturated rings. The average molecular weight is 192 g/mol. The summed E-state index contributed by atoms with van der Waals surface area (Å²) in [4.78, 5) is 12.0. The fraction of sp³-hybridized carbons (Fsp3) is 0.615. The molecule has 0 N–H and O–H groups in total. The van der Waals surface area contributed by atoms with Gasteiger partial charge in [0.2, 0.25) is 0 Å². The molecule has 14 heavy (non-hydrogen) atoms. The van der Waals surface area contributed by atoms with Crippen LogP contribution in [0.5, 0.6) is 0 Å². The molecule has 0 spiro atoms.